The average molecular weight is 431 g/mol. The van der Waals surface area contributed by atoms with Crippen molar-refractivity contribution in [1.29, 1.82) is 0 Å². The zero-order chi connectivity index (χ0) is 18.9. The summed E-state index contributed by atoms with van der Waals surface area (Å²) in [4.78, 5) is 14.5. The number of aromatic nitrogens is 1. The summed E-state index contributed by atoms with van der Waals surface area (Å²) >= 11 is 3.23. The Hall–Kier alpha value is -1.80. The van der Waals surface area contributed by atoms with Crippen LogP contribution in [0.5, 0.6) is 0 Å². The molecule has 8 heteroatoms. The van der Waals surface area contributed by atoms with Crippen LogP contribution in [0.25, 0.3) is 0 Å². The predicted octanol–water partition coefficient (Wildman–Crippen LogP) is 4.10. The first-order valence-electron chi connectivity index (χ1n) is 8.17. The van der Waals surface area contributed by atoms with Crippen molar-refractivity contribution in [2.75, 3.05) is 26.3 Å². The molecule has 1 aromatic heterocycles. The zero-order valence-corrected chi connectivity index (χ0v) is 15.7. The number of rotatable bonds is 3. The van der Waals surface area contributed by atoms with Gasteiger partial charge in [-0.25, -0.2) is 0 Å². The van der Waals surface area contributed by atoms with Gasteiger partial charge in [-0.2, -0.15) is 13.2 Å². The lowest BCUT2D eigenvalue weighted by molar-refractivity contribution is -0.143. The van der Waals surface area contributed by atoms with Crippen LogP contribution in [0, 0.1) is 6.92 Å². The Morgan fingerprint density at radius 1 is 1.19 bits per heavy atom. The number of alkyl halides is 3. The maximum atomic E-state index is 13.7. The number of carbonyl (C=O) groups excluding carboxylic acids is 1. The summed E-state index contributed by atoms with van der Waals surface area (Å²) in [5, 5.41) is 0. The van der Waals surface area contributed by atoms with Gasteiger partial charge in [0.1, 0.15) is 11.4 Å². The molecule has 140 valence electrons. The average Bonchev–Trinajstić information content (AvgIpc) is 2.86. The SMILES string of the molecule is Cc1c(Br)c(C(=O)N2CCOCC2)n(Cc2ccccc2)c1C(F)(F)F. The van der Waals surface area contributed by atoms with E-state index in [9.17, 15) is 18.0 Å². The van der Waals surface area contributed by atoms with E-state index in [4.69, 9.17) is 4.74 Å². The topological polar surface area (TPSA) is 34.5 Å². The van der Waals surface area contributed by atoms with E-state index in [2.05, 4.69) is 15.9 Å². The number of amides is 1. The van der Waals surface area contributed by atoms with Gasteiger partial charge in [0.25, 0.3) is 5.91 Å². The molecule has 1 aromatic carbocycles. The highest BCUT2D eigenvalue weighted by Crippen LogP contribution is 2.39. The molecule has 2 heterocycles. The van der Waals surface area contributed by atoms with Crippen molar-refractivity contribution in [2.45, 2.75) is 19.6 Å². The number of carbonyl (C=O) groups is 1. The molecule has 1 amide bonds. The van der Waals surface area contributed by atoms with Crippen molar-refractivity contribution in [3.63, 3.8) is 0 Å². The van der Waals surface area contributed by atoms with Gasteiger partial charge in [-0.05, 0) is 34.0 Å². The second-order valence-electron chi connectivity index (χ2n) is 6.11. The van der Waals surface area contributed by atoms with Gasteiger partial charge in [0.15, 0.2) is 0 Å². The summed E-state index contributed by atoms with van der Waals surface area (Å²) in [5.41, 5.74) is -0.0630. The minimum absolute atomic E-state index is 0.0186. The van der Waals surface area contributed by atoms with Crippen LogP contribution in [0.1, 0.15) is 27.3 Å². The maximum absolute atomic E-state index is 13.7. The first-order chi connectivity index (χ1) is 12.3. The highest BCUT2D eigenvalue weighted by Gasteiger charge is 2.41. The number of benzene rings is 1. The van der Waals surface area contributed by atoms with Crippen molar-refractivity contribution in [1.82, 2.24) is 9.47 Å². The molecule has 0 spiro atoms. The second kappa shape index (κ2) is 7.44. The van der Waals surface area contributed by atoms with Gasteiger partial charge >= 0.3 is 6.18 Å². The standard InChI is InChI=1S/C18H18BrF3N2O2/c1-12-14(19)15(17(25)23-7-9-26-10-8-23)24(16(12)18(20,21)22)11-13-5-3-2-4-6-13/h2-6H,7-11H2,1H3. The molecule has 0 radical (unpaired) electrons. The molecule has 0 saturated carbocycles. The van der Waals surface area contributed by atoms with E-state index in [-0.39, 0.29) is 22.3 Å². The lowest BCUT2D eigenvalue weighted by Crippen LogP contribution is -2.41. The second-order valence-corrected chi connectivity index (χ2v) is 6.90. The Bertz CT molecular complexity index is 797. The summed E-state index contributed by atoms with van der Waals surface area (Å²) in [6, 6.07) is 8.80. The molecule has 0 N–H and O–H groups in total. The minimum atomic E-state index is -4.56. The molecule has 0 aliphatic carbocycles. The van der Waals surface area contributed by atoms with Crippen LogP contribution >= 0.6 is 15.9 Å². The fourth-order valence-electron chi connectivity index (χ4n) is 3.13. The van der Waals surface area contributed by atoms with E-state index >= 15 is 0 Å². The Morgan fingerprint density at radius 3 is 2.38 bits per heavy atom. The molecule has 1 fully saturated rings. The lowest BCUT2D eigenvalue weighted by atomic mass is 10.2. The Labute approximate surface area is 157 Å². The molecule has 1 aliphatic rings. The van der Waals surface area contributed by atoms with Gasteiger partial charge in [0.05, 0.1) is 17.7 Å². The molecule has 0 unspecified atom stereocenters. The summed E-state index contributed by atoms with van der Waals surface area (Å²) in [6.07, 6.45) is -4.56. The van der Waals surface area contributed by atoms with E-state index in [1.807, 2.05) is 0 Å². The normalized spacial score (nSPS) is 15.3. The van der Waals surface area contributed by atoms with Crippen molar-refractivity contribution in [2.24, 2.45) is 0 Å². The summed E-state index contributed by atoms with van der Waals surface area (Å²) in [7, 11) is 0. The minimum Gasteiger partial charge on any atom is -0.378 e. The van der Waals surface area contributed by atoms with Crippen LogP contribution in [-0.2, 0) is 17.5 Å². The van der Waals surface area contributed by atoms with Crippen LogP contribution in [0.2, 0.25) is 0 Å². The van der Waals surface area contributed by atoms with Crippen molar-refractivity contribution < 1.29 is 22.7 Å². The summed E-state index contributed by atoms with van der Waals surface area (Å²) < 4.78 is 47.7. The molecule has 3 rings (SSSR count). The maximum Gasteiger partial charge on any atom is 0.431 e. The van der Waals surface area contributed by atoms with Crippen LogP contribution in [0.3, 0.4) is 0 Å². The Balaban J connectivity index is 2.11. The Morgan fingerprint density at radius 2 is 1.81 bits per heavy atom. The molecule has 1 saturated heterocycles. The largest absolute Gasteiger partial charge is 0.431 e. The molecular weight excluding hydrogens is 413 g/mol. The van der Waals surface area contributed by atoms with Crippen LogP contribution in [0.15, 0.2) is 34.8 Å². The van der Waals surface area contributed by atoms with E-state index in [0.717, 1.165) is 4.57 Å². The number of morpholine rings is 1. The van der Waals surface area contributed by atoms with E-state index in [1.54, 1.807) is 30.3 Å². The van der Waals surface area contributed by atoms with Crippen LogP contribution in [-0.4, -0.2) is 41.7 Å². The van der Waals surface area contributed by atoms with Gasteiger partial charge in [-0.15, -0.1) is 0 Å². The summed E-state index contributed by atoms with van der Waals surface area (Å²) in [5.74, 6) is -0.422. The van der Waals surface area contributed by atoms with Crippen molar-refractivity contribution >= 4 is 21.8 Å². The van der Waals surface area contributed by atoms with Crippen LogP contribution in [0.4, 0.5) is 13.2 Å². The van der Waals surface area contributed by atoms with Gasteiger partial charge in [0, 0.05) is 19.6 Å². The number of hydrogen-bond donors (Lipinski definition) is 0. The molecule has 2 aromatic rings. The third-order valence-corrected chi connectivity index (χ3v) is 5.36. The number of ether oxygens (including phenoxy) is 1. The van der Waals surface area contributed by atoms with Crippen molar-refractivity contribution in [3.05, 3.63) is 57.3 Å². The Kier molecular flexibility index (Phi) is 5.43. The van der Waals surface area contributed by atoms with Gasteiger partial charge in [-0.1, -0.05) is 30.3 Å². The van der Waals surface area contributed by atoms with Crippen molar-refractivity contribution in [3.8, 4) is 0 Å². The van der Waals surface area contributed by atoms with Gasteiger partial charge in [-0.3, -0.25) is 4.79 Å². The molecule has 4 nitrogen and oxygen atoms in total. The number of nitrogens with zero attached hydrogens (tertiary/aromatic N) is 2. The fraction of sp³-hybridized carbons (Fsp3) is 0.389. The third-order valence-electron chi connectivity index (χ3n) is 4.39. The lowest BCUT2D eigenvalue weighted by Gasteiger charge is -2.27. The molecule has 26 heavy (non-hydrogen) atoms. The van der Waals surface area contributed by atoms with Gasteiger partial charge < -0.3 is 14.2 Å². The molecule has 1 aliphatic heterocycles. The number of halogens is 4. The summed E-state index contributed by atoms with van der Waals surface area (Å²) in [6.45, 7) is 2.84. The van der Waals surface area contributed by atoms with E-state index in [0.29, 0.717) is 31.9 Å². The molecule has 0 bridgehead atoms. The van der Waals surface area contributed by atoms with Gasteiger partial charge in [0.2, 0.25) is 0 Å². The van der Waals surface area contributed by atoms with E-state index in [1.165, 1.54) is 11.8 Å². The zero-order valence-electron chi connectivity index (χ0n) is 14.1. The first-order valence-corrected chi connectivity index (χ1v) is 8.96. The fourth-order valence-corrected chi connectivity index (χ4v) is 3.70. The monoisotopic (exact) mass is 430 g/mol. The highest BCUT2D eigenvalue weighted by molar-refractivity contribution is 9.10. The third kappa shape index (κ3) is 3.66. The molecule has 0 atom stereocenters. The molecular formula is C18H18BrF3N2O2. The quantitative estimate of drug-likeness (QED) is 0.734. The predicted molar refractivity (Wildman–Crippen MR) is 94.1 cm³/mol. The van der Waals surface area contributed by atoms with Crippen LogP contribution < -0.4 is 0 Å². The van der Waals surface area contributed by atoms with E-state index < -0.39 is 17.8 Å². The first kappa shape index (κ1) is 19.0. The smallest absolute Gasteiger partial charge is 0.378 e. The highest BCUT2D eigenvalue weighted by atomic mass is 79.9. The number of hydrogen-bond acceptors (Lipinski definition) is 2.